The van der Waals surface area contributed by atoms with Gasteiger partial charge in [0.25, 0.3) is 0 Å². The van der Waals surface area contributed by atoms with Crippen molar-refractivity contribution in [1.29, 1.82) is 0 Å². The summed E-state index contributed by atoms with van der Waals surface area (Å²) in [6, 6.07) is 10.3. The first kappa shape index (κ1) is 46.0. The number of amides is 1. The lowest BCUT2D eigenvalue weighted by Gasteiger charge is -2.37. The first-order chi connectivity index (χ1) is 29.6. The summed E-state index contributed by atoms with van der Waals surface area (Å²) in [5.41, 5.74) is 1.22. The largest absolute Gasteiger partial charge is 0.465 e. The van der Waals surface area contributed by atoms with Gasteiger partial charge in [-0.05, 0) is 69.9 Å². The molecule has 62 heavy (non-hydrogen) atoms. The summed E-state index contributed by atoms with van der Waals surface area (Å²) in [6.45, 7) is 13.1. The zero-order valence-corrected chi connectivity index (χ0v) is 38.2. The van der Waals surface area contributed by atoms with E-state index in [4.69, 9.17) is 47.8 Å². The van der Waals surface area contributed by atoms with E-state index in [1.54, 1.807) is 38.5 Å². The van der Waals surface area contributed by atoms with Crippen LogP contribution in [0, 0.1) is 0 Å². The highest BCUT2D eigenvalue weighted by Crippen LogP contribution is 2.62. The Morgan fingerprint density at radius 3 is 2.45 bits per heavy atom. The number of aromatic nitrogens is 8. The van der Waals surface area contributed by atoms with Gasteiger partial charge >= 0.3 is 13.7 Å². The van der Waals surface area contributed by atoms with Gasteiger partial charge in [0.15, 0.2) is 47.2 Å². The van der Waals surface area contributed by atoms with Crippen LogP contribution in [0.5, 0.6) is 0 Å². The summed E-state index contributed by atoms with van der Waals surface area (Å²) < 4.78 is 59.7. The van der Waals surface area contributed by atoms with Crippen LogP contribution in [0.3, 0.4) is 0 Å². The highest BCUT2D eigenvalue weighted by molar-refractivity contribution is 7.55. The molecule has 0 bridgehead atoms. The number of aliphatic hydroxyl groups is 1. The molecule has 7 rings (SSSR count). The van der Waals surface area contributed by atoms with E-state index in [9.17, 15) is 19.6 Å². The monoisotopic (exact) mass is 899 g/mol. The Hall–Kier alpha value is -4.02. The van der Waals surface area contributed by atoms with E-state index >= 15 is 0 Å². The van der Waals surface area contributed by atoms with Crippen molar-refractivity contribution in [3.05, 3.63) is 53.7 Å². The fraction of sp³-hybridized carbons (Fsp3) is 0.625. The Labute approximate surface area is 361 Å². The van der Waals surface area contributed by atoms with Crippen LogP contribution in [0.25, 0.3) is 23.2 Å². The molecule has 1 aromatic carbocycles. The van der Waals surface area contributed by atoms with Crippen LogP contribution in [0.15, 0.2) is 36.5 Å². The number of fused-ring (bicyclic) bond motifs is 2. The molecule has 5 atom stereocenters. The van der Waals surface area contributed by atoms with Crippen LogP contribution in [0.4, 0.5) is 10.6 Å². The lowest BCUT2D eigenvalue weighted by Crippen LogP contribution is -2.44. The first-order valence-electron chi connectivity index (χ1n) is 21.1. The fourth-order valence-electron chi connectivity index (χ4n) is 7.60. The van der Waals surface area contributed by atoms with Crippen LogP contribution >= 0.6 is 7.60 Å². The van der Waals surface area contributed by atoms with Gasteiger partial charge in [-0.1, -0.05) is 56.0 Å². The number of ether oxygens (including phenoxy) is 5. The minimum absolute atomic E-state index is 0.00984. The SMILES string of the molecule is CCOP(=O)(OCC)[C@@](CO)(Cc1nnn(COCC[Si](C)(C)C)n1)OC[C@H]1O[C@@H](n2ncc3c(N(C(=O)O)C4CCC4)nc(/C=C/c4ccccc4)nc32)[C@@H]2OC(C)(C)O[C@@H]21. The zero-order chi connectivity index (χ0) is 44.3. The molecule has 4 aromatic rings. The van der Waals surface area contributed by atoms with E-state index in [1.807, 2.05) is 36.4 Å². The Kier molecular flexibility index (Phi) is 14.1. The normalized spacial score (nSPS) is 22.6. The maximum atomic E-state index is 14.7. The number of benzene rings is 1. The molecule has 2 N–H and O–H groups in total. The Morgan fingerprint density at radius 1 is 1.08 bits per heavy atom. The first-order valence-corrected chi connectivity index (χ1v) is 26.3. The van der Waals surface area contributed by atoms with Gasteiger partial charge in [-0.15, -0.1) is 15.0 Å². The van der Waals surface area contributed by atoms with Crippen LogP contribution in [-0.2, 0) is 50.4 Å². The van der Waals surface area contributed by atoms with Crippen molar-refractivity contribution in [2.24, 2.45) is 0 Å². The third kappa shape index (κ3) is 10.0. The minimum atomic E-state index is -4.27. The number of tetrazole rings is 1. The molecule has 1 aliphatic carbocycles. The molecule has 2 aliphatic heterocycles. The third-order valence-electron chi connectivity index (χ3n) is 10.9. The molecule has 5 heterocycles. The Morgan fingerprint density at radius 2 is 1.81 bits per heavy atom. The summed E-state index contributed by atoms with van der Waals surface area (Å²) in [5.74, 6) is -0.471. The topological polar surface area (TPSA) is 230 Å². The second-order valence-electron chi connectivity index (χ2n) is 17.2. The van der Waals surface area contributed by atoms with Crippen molar-refractivity contribution in [3.63, 3.8) is 0 Å². The van der Waals surface area contributed by atoms with E-state index in [0.717, 1.165) is 18.0 Å². The minimum Gasteiger partial charge on any atom is -0.465 e. The molecule has 0 spiro atoms. The van der Waals surface area contributed by atoms with E-state index in [1.165, 1.54) is 15.9 Å². The highest BCUT2D eigenvalue weighted by Gasteiger charge is 2.59. The predicted octanol–water partition coefficient (Wildman–Crippen LogP) is 5.96. The molecule has 0 unspecified atom stereocenters. The smallest absolute Gasteiger partial charge is 0.413 e. The van der Waals surface area contributed by atoms with Gasteiger partial charge in [0.1, 0.15) is 18.3 Å². The summed E-state index contributed by atoms with van der Waals surface area (Å²) in [6.07, 6.45) is 2.63. The molecule has 3 aromatic heterocycles. The molecular formula is C40H58N9O11PSi. The zero-order valence-electron chi connectivity index (χ0n) is 36.3. The van der Waals surface area contributed by atoms with E-state index in [0.29, 0.717) is 30.5 Å². The van der Waals surface area contributed by atoms with Crippen LogP contribution in [-0.4, -0.2) is 133 Å². The number of hydrogen-bond acceptors (Lipinski definition) is 16. The molecule has 1 saturated carbocycles. The number of rotatable bonds is 21. The lowest BCUT2D eigenvalue weighted by molar-refractivity contribution is -0.207. The third-order valence-corrected chi connectivity index (χ3v) is 15.2. The van der Waals surface area contributed by atoms with Gasteiger partial charge in [-0.25, -0.2) is 19.4 Å². The van der Waals surface area contributed by atoms with Crippen molar-refractivity contribution in [2.75, 3.05) is 37.9 Å². The molecule has 3 aliphatic rings. The molecular weight excluding hydrogens is 842 g/mol. The van der Waals surface area contributed by atoms with Gasteiger partial charge in [0.2, 0.25) is 0 Å². The average molecular weight is 900 g/mol. The molecule has 2 saturated heterocycles. The van der Waals surface area contributed by atoms with Gasteiger partial charge in [-0.3, -0.25) is 9.46 Å². The average Bonchev–Trinajstić information content (AvgIpc) is 3.98. The molecule has 0 radical (unpaired) electrons. The van der Waals surface area contributed by atoms with Crippen molar-refractivity contribution < 1.29 is 52.3 Å². The van der Waals surface area contributed by atoms with Crippen molar-refractivity contribution in [1.82, 2.24) is 40.0 Å². The van der Waals surface area contributed by atoms with Crippen molar-refractivity contribution >= 4 is 50.8 Å². The highest BCUT2D eigenvalue weighted by atomic mass is 31.2. The number of hydrogen-bond donors (Lipinski definition) is 2. The second-order valence-corrected chi connectivity index (χ2v) is 25.1. The number of anilines is 1. The van der Waals surface area contributed by atoms with Crippen molar-refractivity contribution in [3.8, 4) is 0 Å². The predicted molar refractivity (Wildman–Crippen MR) is 229 cm³/mol. The standard InChI is InChI=1S/C40H58N9O11PSi/c1-8-56-61(53,57-9-2)40(25-50,22-32-44-46-47(45-32)26-54-20-21-62(5,6)7)55-24-30-33-34(60-39(3,4)59-33)37(58-30)49-36-29(23-41-49)35(48(38(51)52)28-16-13-17-28)42-31(43-36)19-18-27-14-11-10-12-15-27/h10-12,14-15,18-19,23,28,30,33-34,37,50H,8-9,13,16-17,20-22,24-26H2,1-7H3,(H,51,52)/b19-18+/t30-,33-,34-,37-,40-/m1/s1. The second kappa shape index (κ2) is 19.0. The molecule has 3 fully saturated rings. The Bertz CT molecular complexity index is 2220. The summed E-state index contributed by atoms with van der Waals surface area (Å²) >= 11 is 0. The molecule has 20 nitrogen and oxygen atoms in total. The van der Waals surface area contributed by atoms with E-state index < -0.39 is 64.0 Å². The van der Waals surface area contributed by atoms with Gasteiger partial charge in [0, 0.05) is 20.7 Å². The molecule has 1 amide bonds. The molecule has 338 valence electrons. The number of nitrogens with zero attached hydrogens (tertiary/aromatic N) is 9. The van der Waals surface area contributed by atoms with E-state index in [-0.39, 0.29) is 56.5 Å². The number of carbonyl (C=O) groups is 1. The van der Waals surface area contributed by atoms with Gasteiger partial charge in [-0.2, -0.15) is 5.10 Å². The van der Waals surface area contributed by atoms with Gasteiger partial charge in [0.05, 0.1) is 44.4 Å². The van der Waals surface area contributed by atoms with Crippen LogP contribution in [0.1, 0.15) is 70.4 Å². The maximum Gasteiger partial charge on any atom is 0.413 e. The number of aliphatic hydroxyl groups excluding tert-OH is 1. The lowest BCUT2D eigenvalue weighted by atomic mass is 9.91. The Balaban J connectivity index is 1.20. The molecule has 22 heteroatoms. The summed E-state index contributed by atoms with van der Waals surface area (Å²) in [5, 5.41) is 37.4. The quantitative estimate of drug-likeness (QED) is 0.0558. The summed E-state index contributed by atoms with van der Waals surface area (Å²) in [4.78, 5) is 25.0. The fourth-order valence-corrected chi connectivity index (χ4v) is 10.3. The van der Waals surface area contributed by atoms with Crippen LogP contribution in [0.2, 0.25) is 25.7 Å². The number of carboxylic acid groups (broad SMARTS) is 1. The van der Waals surface area contributed by atoms with Crippen LogP contribution < -0.4 is 4.90 Å². The summed E-state index contributed by atoms with van der Waals surface area (Å²) in [7, 11) is -5.59. The van der Waals surface area contributed by atoms with E-state index in [2.05, 4.69) is 35.1 Å². The van der Waals surface area contributed by atoms with Gasteiger partial charge < -0.3 is 42.9 Å². The van der Waals surface area contributed by atoms with Crippen molar-refractivity contribution in [2.45, 2.75) is 128 Å². The maximum absolute atomic E-state index is 14.7.